The summed E-state index contributed by atoms with van der Waals surface area (Å²) in [5.74, 6) is 1.06. The van der Waals surface area contributed by atoms with E-state index in [1.54, 1.807) is 26.0 Å². The van der Waals surface area contributed by atoms with Crippen molar-refractivity contribution >= 4 is 15.9 Å². The summed E-state index contributed by atoms with van der Waals surface area (Å²) in [7, 11) is -3.29. The number of sulfonamides is 1. The number of carbonyl (C=O) groups is 1. The molecule has 0 heterocycles. The third-order valence-corrected chi connectivity index (χ3v) is 6.26. The van der Waals surface area contributed by atoms with Gasteiger partial charge in [-0.2, -0.15) is 0 Å². The summed E-state index contributed by atoms with van der Waals surface area (Å²) in [5, 5.41) is 2.25. The molecule has 2 aromatic rings. The van der Waals surface area contributed by atoms with Crippen LogP contribution in [0.4, 0.5) is 0 Å². The number of nitrogens with one attached hydrogen (secondary N) is 2. The van der Waals surface area contributed by atoms with Gasteiger partial charge in [-0.05, 0) is 49.6 Å². The molecule has 0 spiro atoms. The molecule has 7 nitrogen and oxygen atoms in total. The highest BCUT2D eigenvalue weighted by Gasteiger charge is 2.17. The van der Waals surface area contributed by atoms with Crippen molar-refractivity contribution in [3.8, 4) is 11.5 Å². The van der Waals surface area contributed by atoms with Crippen molar-refractivity contribution in [2.24, 2.45) is 0 Å². The molecule has 0 radical (unpaired) electrons. The Balaban J connectivity index is 1.92. The normalized spacial score (nSPS) is 13.5. The van der Waals surface area contributed by atoms with E-state index in [1.807, 2.05) is 49.4 Å². The number of carbonyl (C=O) groups excluding carboxylic acids is 1. The van der Waals surface area contributed by atoms with Crippen LogP contribution in [-0.2, 0) is 14.8 Å². The Morgan fingerprint density at radius 2 is 1.60 bits per heavy atom. The van der Waals surface area contributed by atoms with Gasteiger partial charge < -0.3 is 14.8 Å². The zero-order chi connectivity index (χ0) is 22.1. The molecule has 164 valence electrons. The molecule has 30 heavy (non-hydrogen) atoms. The van der Waals surface area contributed by atoms with E-state index in [4.69, 9.17) is 9.47 Å². The maximum atomic E-state index is 11.9. The Labute approximate surface area is 178 Å². The summed E-state index contributed by atoms with van der Waals surface area (Å²) in [4.78, 5) is 11.5. The highest BCUT2D eigenvalue weighted by Crippen LogP contribution is 2.20. The van der Waals surface area contributed by atoms with Gasteiger partial charge in [0.2, 0.25) is 22.2 Å². The Morgan fingerprint density at radius 1 is 0.967 bits per heavy atom. The first kappa shape index (κ1) is 23.7. The van der Waals surface area contributed by atoms with E-state index in [1.165, 1.54) is 6.92 Å². The summed E-state index contributed by atoms with van der Waals surface area (Å²) in [6.07, 6.45) is -0.631. The Hall–Kier alpha value is -2.58. The lowest BCUT2D eigenvalue weighted by Crippen LogP contribution is -2.42. The summed E-state index contributed by atoms with van der Waals surface area (Å²) >= 11 is 0. The fourth-order valence-electron chi connectivity index (χ4n) is 2.59. The van der Waals surface area contributed by atoms with Gasteiger partial charge in [-0.15, -0.1) is 0 Å². The molecule has 0 aromatic heterocycles. The summed E-state index contributed by atoms with van der Waals surface area (Å²) in [6.45, 7) is 7.14. The average molecular weight is 435 g/mol. The van der Waals surface area contributed by atoms with E-state index in [9.17, 15) is 13.2 Å². The molecule has 0 aliphatic carbocycles. The largest absolute Gasteiger partial charge is 0.488 e. The summed E-state index contributed by atoms with van der Waals surface area (Å²) in [5.41, 5.74) is 0.993. The van der Waals surface area contributed by atoms with Crippen LogP contribution in [0.5, 0.6) is 11.5 Å². The van der Waals surface area contributed by atoms with Gasteiger partial charge in [-0.25, -0.2) is 13.1 Å². The number of para-hydroxylation sites is 1. The van der Waals surface area contributed by atoms with Gasteiger partial charge in [0.1, 0.15) is 18.1 Å². The molecule has 0 fully saturated rings. The van der Waals surface area contributed by atoms with Crippen LogP contribution in [0.1, 0.15) is 39.2 Å². The maximum absolute atomic E-state index is 11.9. The smallest absolute Gasteiger partial charge is 0.219 e. The van der Waals surface area contributed by atoms with Gasteiger partial charge >= 0.3 is 0 Å². The van der Waals surface area contributed by atoms with Crippen LogP contribution in [0.15, 0.2) is 54.6 Å². The predicted octanol–water partition coefficient (Wildman–Crippen LogP) is 3.04. The molecule has 0 saturated heterocycles. The van der Waals surface area contributed by atoms with E-state index < -0.39 is 21.5 Å². The molecule has 0 bridgehead atoms. The van der Waals surface area contributed by atoms with Crippen molar-refractivity contribution in [3.63, 3.8) is 0 Å². The molecule has 2 aromatic carbocycles. The minimum absolute atomic E-state index is 0.0149. The summed E-state index contributed by atoms with van der Waals surface area (Å²) in [6, 6.07) is 16.6. The van der Waals surface area contributed by atoms with Gasteiger partial charge in [0.05, 0.1) is 5.25 Å². The van der Waals surface area contributed by atoms with Crippen molar-refractivity contribution < 1.29 is 22.7 Å². The quantitative estimate of drug-likeness (QED) is 0.530. The summed E-state index contributed by atoms with van der Waals surface area (Å²) < 4.78 is 38.0. The molecule has 0 aliphatic heterocycles. The highest BCUT2D eigenvalue weighted by atomic mass is 32.2. The molecule has 0 aliphatic rings. The lowest BCUT2D eigenvalue weighted by molar-refractivity contribution is -0.121. The topological polar surface area (TPSA) is 93.7 Å². The van der Waals surface area contributed by atoms with Crippen LogP contribution in [0, 0.1) is 0 Å². The lowest BCUT2D eigenvalue weighted by Gasteiger charge is -2.20. The van der Waals surface area contributed by atoms with Crippen LogP contribution < -0.4 is 19.5 Å². The molecule has 2 N–H and O–H groups in total. The SMILES string of the molecule is CC(=O)NC(COc1ccc(C(C)CNS(=O)(=O)C(C)C)cc1)Oc1ccccc1. The van der Waals surface area contributed by atoms with Gasteiger partial charge in [0, 0.05) is 13.5 Å². The van der Waals surface area contributed by atoms with Crippen molar-refractivity contribution in [1.82, 2.24) is 10.0 Å². The minimum Gasteiger partial charge on any atom is -0.488 e. The van der Waals surface area contributed by atoms with Crippen LogP contribution in [0.25, 0.3) is 0 Å². The van der Waals surface area contributed by atoms with Crippen molar-refractivity contribution in [1.29, 1.82) is 0 Å². The number of rotatable bonds is 11. The number of amides is 1. The first-order valence-electron chi connectivity index (χ1n) is 9.87. The highest BCUT2D eigenvalue weighted by molar-refractivity contribution is 7.90. The zero-order valence-electron chi connectivity index (χ0n) is 17.8. The Kier molecular flexibility index (Phi) is 8.68. The lowest BCUT2D eigenvalue weighted by atomic mass is 10.0. The standard InChI is InChI=1S/C22H30N2O5S/c1-16(2)30(26,27)23-14-17(3)19-10-12-20(13-11-19)28-15-22(24-18(4)25)29-21-8-6-5-7-9-21/h5-13,16-17,22-23H,14-15H2,1-4H3,(H,24,25). The molecule has 0 saturated carbocycles. The second-order valence-corrected chi connectivity index (χ2v) is 9.66. The molecular weight excluding hydrogens is 404 g/mol. The predicted molar refractivity (Wildman–Crippen MR) is 117 cm³/mol. The van der Waals surface area contributed by atoms with Crippen LogP contribution in [0.2, 0.25) is 0 Å². The molecule has 2 atom stereocenters. The van der Waals surface area contributed by atoms with E-state index in [-0.39, 0.29) is 18.4 Å². The average Bonchev–Trinajstić information content (AvgIpc) is 2.71. The molecular formula is C22H30N2O5S. The second-order valence-electron chi connectivity index (χ2n) is 7.34. The fourth-order valence-corrected chi connectivity index (χ4v) is 3.40. The monoisotopic (exact) mass is 434 g/mol. The first-order chi connectivity index (χ1) is 14.2. The van der Waals surface area contributed by atoms with E-state index in [0.717, 1.165) is 5.56 Å². The zero-order valence-corrected chi connectivity index (χ0v) is 18.6. The minimum atomic E-state index is -3.29. The number of hydrogen-bond acceptors (Lipinski definition) is 5. The van der Waals surface area contributed by atoms with E-state index in [2.05, 4.69) is 10.0 Å². The van der Waals surface area contributed by atoms with Gasteiger partial charge in [0.25, 0.3) is 0 Å². The van der Waals surface area contributed by atoms with E-state index >= 15 is 0 Å². The van der Waals surface area contributed by atoms with Gasteiger partial charge in [0.15, 0.2) is 0 Å². The number of benzene rings is 2. The second kappa shape index (κ2) is 11.0. The van der Waals surface area contributed by atoms with Gasteiger partial charge in [-0.1, -0.05) is 37.3 Å². The first-order valence-corrected chi connectivity index (χ1v) is 11.4. The van der Waals surface area contributed by atoms with Crippen LogP contribution in [-0.4, -0.2) is 39.0 Å². The van der Waals surface area contributed by atoms with E-state index in [0.29, 0.717) is 18.0 Å². The third kappa shape index (κ3) is 7.68. The third-order valence-electron chi connectivity index (χ3n) is 4.45. The fraction of sp³-hybridized carbons (Fsp3) is 0.409. The van der Waals surface area contributed by atoms with Crippen molar-refractivity contribution in [2.75, 3.05) is 13.2 Å². The Bertz CT molecular complexity index is 899. The maximum Gasteiger partial charge on any atom is 0.219 e. The van der Waals surface area contributed by atoms with Gasteiger partial charge in [-0.3, -0.25) is 4.79 Å². The number of ether oxygens (including phenoxy) is 2. The Morgan fingerprint density at radius 3 is 2.17 bits per heavy atom. The van der Waals surface area contributed by atoms with Crippen LogP contribution in [0.3, 0.4) is 0 Å². The molecule has 2 rings (SSSR count). The molecule has 2 unspecified atom stereocenters. The number of hydrogen-bond donors (Lipinski definition) is 2. The van der Waals surface area contributed by atoms with Crippen molar-refractivity contribution in [3.05, 3.63) is 60.2 Å². The van der Waals surface area contributed by atoms with Crippen LogP contribution >= 0.6 is 0 Å². The molecule has 1 amide bonds. The van der Waals surface area contributed by atoms with Crippen molar-refractivity contribution in [2.45, 2.75) is 45.1 Å². The molecule has 8 heteroatoms.